The number of amides is 1. The summed E-state index contributed by atoms with van der Waals surface area (Å²) in [4.78, 5) is 26.3. The van der Waals surface area contributed by atoms with Crippen molar-refractivity contribution in [3.8, 4) is 0 Å². The van der Waals surface area contributed by atoms with Crippen molar-refractivity contribution in [3.05, 3.63) is 63.1 Å². The van der Waals surface area contributed by atoms with E-state index >= 15 is 0 Å². The number of hydrogen-bond donors (Lipinski definition) is 0. The molecule has 3 aliphatic rings. The molecule has 38 heavy (non-hydrogen) atoms. The minimum Gasteiger partial charge on any atom is -0.370 e. The van der Waals surface area contributed by atoms with E-state index < -0.39 is 5.60 Å². The summed E-state index contributed by atoms with van der Waals surface area (Å²) in [7, 11) is 3.49. The Morgan fingerprint density at radius 1 is 1.24 bits per heavy atom. The van der Waals surface area contributed by atoms with Crippen molar-refractivity contribution in [2.75, 3.05) is 38.4 Å². The van der Waals surface area contributed by atoms with Gasteiger partial charge in [-0.1, -0.05) is 29.4 Å². The second-order valence-corrected chi connectivity index (χ2v) is 11.5. The van der Waals surface area contributed by atoms with E-state index in [0.29, 0.717) is 36.9 Å². The van der Waals surface area contributed by atoms with E-state index in [4.69, 9.17) is 31.0 Å². The van der Waals surface area contributed by atoms with Crippen molar-refractivity contribution in [1.82, 2.24) is 24.6 Å². The monoisotopic (exact) mass is 554 g/mol. The molecule has 200 valence electrons. The van der Waals surface area contributed by atoms with Gasteiger partial charge in [0, 0.05) is 44.2 Å². The Morgan fingerprint density at radius 3 is 2.87 bits per heavy atom. The van der Waals surface area contributed by atoms with Crippen LogP contribution in [-0.2, 0) is 41.2 Å². The molecule has 0 saturated heterocycles. The van der Waals surface area contributed by atoms with Crippen LogP contribution in [-0.4, -0.2) is 64.1 Å². The predicted octanol–water partition coefficient (Wildman–Crippen LogP) is 4.22. The van der Waals surface area contributed by atoms with Gasteiger partial charge in [0.1, 0.15) is 11.4 Å². The van der Waals surface area contributed by atoms with Gasteiger partial charge in [-0.25, -0.2) is 9.97 Å². The SMILES string of the molecule is CSc1nc2c(c(N3CCCn4nc(C(=O)N(C)C)cc4C3)n1)COC1(COC(C)c3ccc(Cl)cc31)C2. The number of halogens is 1. The lowest BCUT2D eigenvalue weighted by atomic mass is 9.80. The number of rotatable bonds is 3. The smallest absolute Gasteiger partial charge is 0.273 e. The number of nitrogens with zero attached hydrogens (tertiary/aromatic N) is 6. The van der Waals surface area contributed by atoms with Crippen LogP contribution in [0.4, 0.5) is 5.82 Å². The first-order chi connectivity index (χ1) is 18.3. The topological polar surface area (TPSA) is 85.6 Å². The summed E-state index contributed by atoms with van der Waals surface area (Å²) in [6, 6.07) is 7.86. The van der Waals surface area contributed by atoms with Crippen LogP contribution in [0, 0.1) is 0 Å². The van der Waals surface area contributed by atoms with Crippen LogP contribution in [0.25, 0.3) is 0 Å². The molecule has 2 atom stereocenters. The molecular formula is C27H31ClN6O3S. The van der Waals surface area contributed by atoms with Gasteiger partial charge in [-0.15, -0.1) is 0 Å². The van der Waals surface area contributed by atoms with E-state index in [0.717, 1.165) is 58.6 Å². The van der Waals surface area contributed by atoms with Crippen LogP contribution in [0.3, 0.4) is 0 Å². The Balaban J connectivity index is 1.37. The summed E-state index contributed by atoms with van der Waals surface area (Å²) < 4.78 is 14.8. The number of aryl methyl sites for hydroxylation is 1. The predicted molar refractivity (Wildman–Crippen MR) is 146 cm³/mol. The van der Waals surface area contributed by atoms with Gasteiger partial charge >= 0.3 is 0 Å². The number of fused-ring (bicyclic) bond motifs is 4. The number of benzene rings is 1. The standard InChI is InChI=1S/C27H31ClN6O3S/c1-16-19-7-6-17(28)10-21(19)27(15-36-16)12-23-20(14-37-27)24(30-26(29-23)38-4)33-8-5-9-34-18(13-33)11-22(31-34)25(35)32(2)3/h6-7,10-11,16H,5,8-9,12-15H2,1-4H3. The molecule has 1 aromatic carbocycles. The number of ether oxygens (including phenoxy) is 2. The van der Waals surface area contributed by atoms with Crippen LogP contribution < -0.4 is 4.90 Å². The Hall–Kier alpha value is -2.66. The molecule has 2 unspecified atom stereocenters. The number of anilines is 1. The molecule has 3 aliphatic heterocycles. The molecule has 1 amide bonds. The normalized spacial score (nSPS) is 22.4. The van der Waals surface area contributed by atoms with Crippen molar-refractivity contribution in [3.63, 3.8) is 0 Å². The molecule has 9 nitrogen and oxygen atoms in total. The van der Waals surface area contributed by atoms with Crippen molar-refractivity contribution in [1.29, 1.82) is 0 Å². The van der Waals surface area contributed by atoms with Crippen molar-refractivity contribution in [2.45, 2.75) is 56.3 Å². The fraction of sp³-hybridized carbons (Fsp3) is 0.481. The van der Waals surface area contributed by atoms with Gasteiger partial charge in [0.05, 0.1) is 37.3 Å². The Kier molecular flexibility index (Phi) is 6.62. The highest BCUT2D eigenvalue weighted by atomic mass is 35.5. The maximum absolute atomic E-state index is 12.5. The average Bonchev–Trinajstić information content (AvgIpc) is 3.20. The summed E-state index contributed by atoms with van der Waals surface area (Å²) in [5.41, 5.74) is 5.00. The Bertz CT molecular complexity index is 1410. The zero-order chi connectivity index (χ0) is 26.6. The number of thioether (sulfide) groups is 1. The highest BCUT2D eigenvalue weighted by molar-refractivity contribution is 7.98. The number of carbonyl (C=O) groups excluding carboxylic acids is 1. The van der Waals surface area contributed by atoms with Crippen LogP contribution in [0.1, 0.15) is 58.0 Å². The molecule has 1 spiro atoms. The maximum Gasteiger partial charge on any atom is 0.273 e. The maximum atomic E-state index is 12.5. The van der Waals surface area contributed by atoms with Gasteiger partial charge in [-0.3, -0.25) is 9.48 Å². The minimum absolute atomic E-state index is 0.0215. The second kappa shape index (κ2) is 9.82. The third kappa shape index (κ3) is 4.37. The van der Waals surface area contributed by atoms with Crippen LogP contribution in [0.2, 0.25) is 5.02 Å². The molecule has 3 aromatic rings. The van der Waals surface area contributed by atoms with Gasteiger partial charge < -0.3 is 19.3 Å². The fourth-order valence-corrected chi connectivity index (χ4v) is 6.17. The zero-order valence-corrected chi connectivity index (χ0v) is 23.6. The quantitative estimate of drug-likeness (QED) is 0.351. The summed E-state index contributed by atoms with van der Waals surface area (Å²) in [5.74, 6) is 0.796. The molecule has 5 heterocycles. The molecule has 0 N–H and O–H groups in total. The summed E-state index contributed by atoms with van der Waals surface area (Å²) in [6.45, 7) is 5.06. The highest BCUT2D eigenvalue weighted by Gasteiger charge is 2.45. The van der Waals surface area contributed by atoms with E-state index in [2.05, 4.69) is 16.9 Å². The lowest BCUT2D eigenvalue weighted by Crippen LogP contribution is -2.45. The summed E-state index contributed by atoms with van der Waals surface area (Å²) >= 11 is 7.97. The largest absolute Gasteiger partial charge is 0.370 e. The van der Waals surface area contributed by atoms with Gasteiger partial charge in [0.2, 0.25) is 0 Å². The Labute approximate surface area is 231 Å². The molecule has 2 aromatic heterocycles. The molecular weight excluding hydrogens is 524 g/mol. The fourth-order valence-electron chi connectivity index (χ4n) is 5.62. The first-order valence-electron chi connectivity index (χ1n) is 12.8. The van der Waals surface area contributed by atoms with Crippen molar-refractivity contribution >= 4 is 35.1 Å². The van der Waals surface area contributed by atoms with Gasteiger partial charge in [0.15, 0.2) is 10.9 Å². The lowest BCUT2D eigenvalue weighted by Gasteiger charge is -2.44. The highest BCUT2D eigenvalue weighted by Crippen LogP contribution is 2.46. The van der Waals surface area contributed by atoms with Crippen molar-refractivity contribution < 1.29 is 14.3 Å². The van der Waals surface area contributed by atoms with E-state index in [9.17, 15) is 4.79 Å². The number of carbonyl (C=O) groups is 1. The third-order valence-corrected chi connectivity index (χ3v) is 8.41. The molecule has 0 fully saturated rings. The van der Waals surface area contributed by atoms with E-state index in [1.54, 1.807) is 19.0 Å². The van der Waals surface area contributed by atoms with E-state index in [1.165, 1.54) is 11.8 Å². The average molecular weight is 555 g/mol. The van der Waals surface area contributed by atoms with Gasteiger partial charge in [-0.05, 0) is 48.9 Å². The van der Waals surface area contributed by atoms with Gasteiger partial charge in [-0.2, -0.15) is 5.10 Å². The van der Waals surface area contributed by atoms with Crippen LogP contribution in [0.5, 0.6) is 0 Å². The first-order valence-corrected chi connectivity index (χ1v) is 14.4. The second-order valence-electron chi connectivity index (χ2n) is 10.3. The zero-order valence-electron chi connectivity index (χ0n) is 22.0. The van der Waals surface area contributed by atoms with E-state index in [-0.39, 0.29) is 12.0 Å². The Morgan fingerprint density at radius 2 is 2.08 bits per heavy atom. The minimum atomic E-state index is -0.639. The number of aromatic nitrogens is 4. The molecule has 0 bridgehead atoms. The molecule has 11 heteroatoms. The lowest BCUT2D eigenvalue weighted by molar-refractivity contribution is -0.148. The molecule has 0 saturated carbocycles. The molecule has 6 rings (SSSR count). The van der Waals surface area contributed by atoms with Gasteiger partial charge in [0.25, 0.3) is 5.91 Å². The van der Waals surface area contributed by atoms with Crippen LogP contribution >= 0.6 is 23.4 Å². The molecule has 0 radical (unpaired) electrons. The summed E-state index contributed by atoms with van der Waals surface area (Å²) in [5, 5.41) is 6.00. The number of hydrogen-bond acceptors (Lipinski definition) is 8. The molecule has 0 aliphatic carbocycles. The van der Waals surface area contributed by atoms with Crippen molar-refractivity contribution in [2.24, 2.45) is 0 Å². The first kappa shape index (κ1) is 25.6. The third-order valence-electron chi connectivity index (χ3n) is 7.63. The van der Waals surface area contributed by atoms with E-state index in [1.807, 2.05) is 35.2 Å². The summed E-state index contributed by atoms with van der Waals surface area (Å²) in [6.07, 6.45) is 3.45. The van der Waals surface area contributed by atoms with Crippen LogP contribution in [0.15, 0.2) is 29.4 Å².